The van der Waals surface area contributed by atoms with Gasteiger partial charge in [-0.25, -0.2) is 10.4 Å². The molecule has 1 heterocycles. The number of nitrogens with two attached hydrogens (primary N) is 1. The summed E-state index contributed by atoms with van der Waals surface area (Å²) in [6, 6.07) is -0.495. The van der Waals surface area contributed by atoms with E-state index >= 15 is 0 Å². The number of primary amides is 1. The zero-order valence-electron chi connectivity index (χ0n) is 11.6. The lowest BCUT2D eigenvalue weighted by Gasteiger charge is -2.30. The molecule has 0 aliphatic carbocycles. The summed E-state index contributed by atoms with van der Waals surface area (Å²) in [7, 11) is 0. The minimum Gasteiger partial charge on any atom is -0.368 e. The monoisotopic (exact) mass is 255 g/mol. The van der Waals surface area contributed by atoms with Gasteiger partial charge in [0.2, 0.25) is 5.91 Å². The molecule has 2 atom stereocenters. The lowest BCUT2D eigenvalue weighted by atomic mass is 10.0. The molecule has 1 aliphatic rings. The zero-order chi connectivity index (χ0) is 13.7. The average Bonchev–Trinajstić information content (AvgIpc) is 2.73. The van der Waals surface area contributed by atoms with E-state index in [4.69, 9.17) is 5.73 Å². The minimum atomic E-state index is -0.403. The van der Waals surface area contributed by atoms with Crippen LogP contribution in [0.15, 0.2) is 0 Å². The Morgan fingerprint density at radius 1 is 1.44 bits per heavy atom. The van der Waals surface area contributed by atoms with Crippen LogP contribution >= 0.6 is 0 Å². The molecule has 3 N–H and O–H groups in total. The summed E-state index contributed by atoms with van der Waals surface area (Å²) in [6.07, 6.45) is 3.32. The smallest absolute Gasteiger partial charge is 0.236 e. The number of ketones is 1. The number of rotatable bonds is 7. The number of amides is 1. The van der Waals surface area contributed by atoms with E-state index in [0.717, 1.165) is 25.8 Å². The van der Waals surface area contributed by atoms with Gasteiger partial charge < -0.3 is 5.73 Å². The third-order valence-corrected chi connectivity index (χ3v) is 3.40. The summed E-state index contributed by atoms with van der Waals surface area (Å²) in [5.74, 6) is 0.0121. The van der Waals surface area contributed by atoms with Crippen LogP contribution in [0.25, 0.3) is 0 Å². The molecule has 104 valence electrons. The van der Waals surface area contributed by atoms with Crippen LogP contribution in [-0.2, 0) is 9.59 Å². The van der Waals surface area contributed by atoms with Crippen molar-refractivity contribution in [3.8, 4) is 0 Å². The van der Waals surface area contributed by atoms with Gasteiger partial charge in [-0.05, 0) is 25.2 Å². The summed E-state index contributed by atoms with van der Waals surface area (Å²) in [4.78, 5) is 23.4. The van der Waals surface area contributed by atoms with Gasteiger partial charge in [-0.1, -0.05) is 20.8 Å². The molecule has 1 fully saturated rings. The molecular formula is C13H25N3O2. The predicted molar refractivity (Wildman–Crippen MR) is 70.6 cm³/mol. The first-order valence-corrected chi connectivity index (χ1v) is 6.82. The van der Waals surface area contributed by atoms with Gasteiger partial charge in [-0.3, -0.25) is 9.59 Å². The minimum absolute atomic E-state index is 0.0921. The fourth-order valence-corrected chi connectivity index (χ4v) is 2.39. The second kappa shape index (κ2) is 6.85. The van der Waals surface area contributed by atoms with Crippen molar-refractivity contribution in [3.05, 3.63) is 0 Å². The Labute approximate surface area is 109 Å². The van der Waals surface area contributed by atoms with E-state index in [0.29, 0.717) is 6.42 Å². The van der Waals surface area contributed by atoms with Gasteiger partial charge in [0.25, 0.3) is 0 Å². The molecule has 0 aromatic rings. The molecule has 0 aromatic carbocycles. The Morgan fingerprint density at radius 3 is 2.61 bits per heavy atom. The molecule has 5 nitrogen and oxygen atoms in total. The maximum atomic E-state index is 12.0. The number of carbonyl (C=O) groups excluding carboxylic acids is 2. The normalized spacial score (nSPS) is 22.3. The van der Waals surface area contributed by atoms with Gasteiger partial charge in [0.05, 0.1) is 6.04 Å². The first-order valence-electron chi connectivity index (χ1n) is 6.82. The Balaban J connectivity index is 2.64. The van der Waals surface area contributed by atoms with Crippen LogP contribution in [0.3, 0.4) is 0 Å². The molecule has 5 heteroatoms. The Bertz CT molecular complexity index is 305. The van der Waals surface area contributed by atoms with E-state index in [2.05, 4.69) is 5.43 Å². The Morgan fingerprint density at radius 2 is 2.11 bits per heavy atom. The largest absolute Gasteiger partial charge is 0.368 e. The molecule has 1 rings (SSSR count). The van der Waals surface area contributed by atoms with Crippen LogP contribution < -0.4 is 11.2 Å². The average molecular weight is 255 g/mol. The molecule has 0 saturated carbocycles. The number of hydrogen-bond acceptors (Lipinski definition) is 4. The van der Waals surface area contributed by atoms with Crippen LogP contribution in [0, 0.1) is 5.92 Å². The van der Waals surface area contributed by atoms with Crippen molar-refractivity contribution in [1.29, 1.82) is 0 Å². The van der Waals surface area contributed by atoms with E-state index < -0.39 is 6.04 Å². The van der Waals surface area contributed by atoms with E-state index in [1.165, 1.54) is 0 Å². The lowest BCUT2D eigenvalue weighted by Crippen LogP contribution is -2.56. The van der Waals surface area contributed by atoms with Crippen molar-refractivity contribution in [3.63, 3.8) is 0 Å². The highest BCUT2D eigenvalue weighted by atomic mass is 16.1. The quantitative estimate of drug-likeness (QED) is 0.706. The first kappa shape index (κ1) is 15.1. The summed E-state index contributed by atoms with van der Waals surface area (Å²) in [6.45, 7) is 6.70. The first-order chi connectivity index (χ1) is 8.47. The van der Waals surface area contributed by atoms with Crippen LogP contribution in [-0.4, -0.2) is 35.3 Å². The van der Waals surface area contributed by atoms with Crippen molar-refractivity contribution in [2.45, 2.75) is 58.5 Å². The van der Waals surface area contributed by atoms with Crippen molar-refractivity contribution in [1.82, 2.24) is 10.4 Å². The van der Waals surface area contributed by atoms with Crippen LogP contribution in [0.4, 0.5) is 0 Å². The molecular weight excluding hydrogens is 230 g/mol. The van der Waals surface area contributed by atoms with Gasteiger partial charge in [0, 0.05) is 13.0 Å². The van der Waals surface area contributed by atoms with Crippen LogP contribution in [0.1, 0.15) is 46.5 Å². The number of nitrogens with zero attached hydrogens (tertiary/aromatic N) is 1. The third kappa shape index (κ3) is 3.78. The standard InChI is InChI=1S/C13H25N3O2/c1-4-6-11(17)10-7-5-8-16(10)15-12(9(2)3)13(14)18/h9-10,12,15H,4-8H2,1-3H3,(H2,14,18)/t10-,12-/m0/s1. The fourth-order valence-electron chi connectivity index (χ4n) is 2.39. The van der Waals surface area contributed by atoms with Gasteiger partial charge in [-0.2, -0.15) is 0 Å². The number of Topliss-reactive ketones (excluding diaryl/α,β-unsaturated/α-hetero) is 1. The van der Waals surface area contributed by atoms with Crippen molar-refractivity contribution >= 4 is 11.7 Å². The Kier molecular flexibility index (Phi) is 5.75. The summed E-state index contributed by atoms with van der Waals surface area (Å²) in [5.41, 5.74) is 8.53. The van der Waals surface area contributed by atoms with Gasteiger partial charge >= 0.3 is 0 Å². The maximum Gasteiger partial charge on any atom is 0.236 e. The van der Waals surface area contributed by atoms with E-state index in [1.54, 1.807) is 0 Å². The lowest BCUT2D eigenvalue weighted by molar-refractivity contribution is -0.128. The summed E-state index contributed by atoms with van der Waals surface area (Å²) in [5, 5.41) is 1.91. The van der Waals surface area contributed by atoms with Crippen LogP contribution in [0.2, 0.25) is 0 Å². The topological polar surface area (TPSA) is 75.4 Å². The molecule has 1 saturated heterocycles. The summed E-state index contributed by atoms with van der Waals surface area (Å²) >= 11 is 0. The maximum absolute atomic E-state index is 12.0. The molecule has 1 aliphatic heterocycles. The molecule has 18 heavy (non-hydrogen) atoms. The van der Waals surface area contributed by atoms with Crippen molar-refractivity contribution < 1.29 is 9.59 Å². The number of hydrazine groups is 1. The highest BCUT2D eigenvalue weighted by Gasteiger charge is 2.33. The molecule has 0 bridgehead atoms. The van der Waals surface area contributed by atoms with Crippen molar-refractivity contribution in [2.24, 2.45) is 11.7 Å². The SMILES string of the molecule is CCCC(=O)[C@@H]1CCCN1N[C@H](C(N)=O)C(C)C. The number of carbonyl (C=O) groups is 2. The zero-order valence-corrected chi connectivity index (χ0v) is 11.6. The van der Waals surface area contributed by atoms with Gasteiger partial charge in [-0.15, -0.1) is 0 Å². The molecule has 1 amide bonds. The van der Waals surface area contributed by atoms with E-state index in [9.17, 15) is 9.59 Å². The van der Waals surface area contributed by atoms with E-state index in [1.807, 2.05) is 25.8 Å². The van der Waals surface area contributed by atoms with Crippen LogP contribution in [0.5, 0.6) is 0 Å². The van der Waals surface area contributed by atoms with Crippen molar-refractivity contribution in [2.75, 3.05) is 6.54 Å². The Hall–Kier alpha value is -0.940. The second-order valence-corrected chi connectivity index (χ2v) is 5.32. The fraction of sp³-hybridized carbons (Fsp3) is 0.846. The van der Waals surface area contributed by atoms with Gasteiger partial charge in [0.1, 0.15) is 6.04 Å². The highest BCUT2D eigenvalue weighted by molar-refractivity contribution is 5.84. The third-order valence-electron chi connectivity index (χ3n) is 3.40. The molecule has 0 unspecified atom stereocenters. The van der Waals surface area contributed by atoms with Gasteiger partial charge in [0.15, 0.2) is 5.78 Å². The molecule has 0 radical (unpaired) electrons. The highest BCUT2D eigenvalue weighted by Crippen LogP contribution is 2.18. The molecule has 0 spiro atoms. The molecule has 0 aromatic heterocycles. The van der Waals surface area contributed by atoms with E-state index in [-0.39, 0.29) is 23.7 Å². The summed E-state index contributed by atoms with van der Waals surface area (Å²) < 4.78 is 0. The predicted octanol–water partition coefficient (Wildman–Crippen LogP) is 0.834. The number of nitrogens with one attached hydrogen (secondary N) is 1. The number of hydrogen-bond donors (Lipinski definition) is 2. The second-order valence-electron chi connectivity index (χ2n) is 5.32.